The Bertz CT molecular complexity index is 1430. The van der Waals surface area contributed by atoms with Crippen LogP contribution >= 0.6 is 0 Å². The van der Waals surface area contributed by atoms with Crippen molar-refractivity contribution in [2.75, 3.05) is 4.90 Å². The van der Waals surface area contributed by atoms with Crippen LogP contribution < -0.4 is 10.2 Å². The van der Waals surface area contributed by atoms with Crippen molar-refractivity contribution in [2.24, 2.45) is 0 Å². The molecule has 1 aromatic heterocycles. The highest BCUT2D eigenvalue weighted by Gasteiger charge is 2.37. The van der Waals surface area contributed by atoms with E-state index >= 15 is 0 Å². The van der Waals surface area contributed by atoms with Crippen molar-refractivity contribution < 1.29 is 14.4 Å². The SMILES string of the molecule is Cc1cccc(N2C(=O)NC(=O)C(=Cc3cccn3-c3ccc4ccccc4c3)C2=O)c1. The Hall–Kier alpha value is -4.45. The number of urea groups is 1. The lowest BCUT2D eigenvalue weighted by Crippen LogP contribution is -2.54. The maximum absolute atomic E-state index is 13.2. The van der Waals surface area contributed by atoms with Crippen LogP contribution in [-0.2, 0) is 9.59 Å². The molecule has 6 nitrogen and oxygen atoms in total. The molecule has 1 aliphatic rings. The van der Waals surface area contributed by atoms with Gasteiger partial charge in [-0.25, -0.2) is 9.69 Å². The zero-order valence-corrected chi connectivity index (χ0v) is 17.3. The minimum atomic E-state index is -0.757. The first-order valence-corrected chi connectivity index (χ1v) is 10.2. The summed E-state index contributed by atoms with van der Waals surface area (Å²) in [6.07, 6.45) is 3.38. The van der Waals surface area contributed by atoms with Crippen molar-refractivity contribution in [1.82, 2.24) is 9.88 Å². The Morgan fingerprint density at radius 1 is 0.781 bits per heavy atom. The summed E-state index contributed by atoms with van der Waals surface area (Å²) < 4.78 is 1.90. The number of fused-ring (bicyclic) bond motifs is 1. The molecule has 0 unspecified atom stereocenters. The van der Waals surface area contributed by atoms with Gasteiger partial charge in [-0.2, -0.15) is 0 Å². The highest BCUT2D eigenvalue weighted by atomic mass is 16.2. The summed E-state index contributed by atoms with van der Waals surface area (Å²) in [6, 6.07) is 24.0. The fraction of sp³-hybridized carbons (Fsp3) is 0.0385. The molecule has 2 heterocycles. The van der Waals surface area contributed by atoms with Gasteiger partial charge in [0.05, 0.1) is 5.69 Å². The number of amides is 4. The lowest BCUT2D eigenvalue weighted by atomic mass is 10.1. The zero-order chi connectivity index (χ0) is 22.2. The number of anilines is 1. The predicted octanol–water partition coefficient (Wildman–Crippen LogP) is 4.61. The molecule has 4 aromatic rings. The van der Waals surface area contributed by atoms with E-state index in [4.69, 9.17) is 0 Å². The molecule has 0 saturated carbocycles. The monoisotopic (exact) mass is 421 g/mol. The minimum Gasteiger partial charge on any atom is -0.317 e. The van der Waals surface area contributed by atoms with Crippen molar-refractivity contribution in [2.45, 2.75) is 6.92 Å². The Kier molecular flexibility index (Phi) is 4.67. The number of imide groups is 2. The summed E-state index contributed by atoms with van der Waals surface area (Å²) in [5, 5.41) is 4.48. The van der Waals surface area contributed by atoms with Gasteiger partial charge >= 0.3 is 6.03 Å². The molecular formula is C26H19N3O3. The molecule has 5 rings (SSSR count). The second kappa shape index (κ2) is 7.67. The van der Waals surface area contributed by atoms with Crippen molar-refractivity contribution in [1.29, 1.82) is 0 Å². The molecule has 156 valence electrons. The fourth-order valence-electron chi connectivity index (χ4n) is 3.88. The van der Waals surface area contributed by atoms with Gasteiger partial charge in [-0.05, 0) is 65.7 Å². The van der Waals surface area contributed by atoms with E-state index < -0.39 is 17.8 Å². The molecular weight excluding hydrogens is 402 g/mol. The second-order valence-electron chi connectivity index (χ2n) is 7.63. The fourth-order valence-corrected chi connectivity index (χ4v) is 3.88. The summed E-state index contributed by atoms with van der Waals surface area (Å²) in [7, 11) is 0. The first-order chi connectivity index (χ1) is 15.5. The third-order valence-electron chi connectivity index (χ3n) is 5.45. The lowest BCUT2D eigenvalue weighted by Gasteiger charge is -2.26. The van der Waals surface area contributed by atoms with Gasteiger partial charge in [-0.15, -0.1) is 0 Å². The molecule has 0 aliphatic carbocycles. The van der Waals surface area contributed by atoms with E-state index in [1.165, 1.54) is 6.08 Å². The van der Waals surface area contributed by atoms with E-state index in [1.54, 1.807) is 18.2 Å². The number of aromatic nitrogens is 1. The highest BCUT2D eigenvalue weighted by Crippen LogP contribution is 2.25. The molecule has 3 aromatic carbocycles. The normalized spacial score (nSPS) is 15.5. The standard InChI is InChI=1S/C26H19N3O3/c1-17-6-4-9-22(14-17)29-25(31)23(24(30)27-26(29)32)16-20-10-5-13-28(20)21-12-11-18-7-2-3-8-19(18)15-21/h2-16H,1H3,(H,27,30,32). The third-order valence-corrected chi connectivity index (χ3v) is 5.45. The predicted molar refractivity (Wildman–Crippen MR) is 123 cm³/mol. The first kappa shape index (κ1) is 19.5. The van der Waals surface area contributed by atoms with E-state index in [0.717, 1.165) is 26.9 Å². The summed E-state index contributed by atoms with van der Waals surface area (Å²) >= 11 is 0. The lowest BCUT2D eigenvalue weighted by molar-refractivity contribution is -0.122. The van der Waals surface area contributed by atoms with E-state index in [0.29, 0.717) is 11.4 Å². The van der Waals surface area contributed by atoms with Crippen LogP contribution in [0.1, 0.15) is 11.3 Å². The van der Waals surface area contributed by atoms with Gasteiger partial charge < -0.3 is 4.57 Å². The van der Waals surface area contributed by atoms with Crippen LogP contribution in [0.25, 0.3) is 22.5 Å². The molecule has 0 spiro atoms. The Labute approximate surface area is 184 Å². The maximum atomic E-state index is 13.2. The zero-order valence-electron chi connectivity index (χ0n) is 17.3. The third kappa shape index (κ3) is 3.37. The highest BCUT2D eigenvalue weighted by molar-refractivity contribution is 6.39. The molecule has 1 saturated heterocycles. The molecule has 1 N–H and O–H groups in total. The van der Waals surface area contributed by atoms with E-state index in [9.17, 15) is 14.4 Å². The number of hydrogen-bond donors (Lipinski definition) is 1. The molecule has 1 aliphatic heterocycles. The first-order valence-electron chi connectivity index (χ1n) is 10.2. The van der Waals surface area contributed by atoms with Crippen molar-refractivity contribution >= 4 is 40.4 Å². The second-order valence-corrected chi connectivity index (χ2v) is 7.63. The number of rotatable bonds is 3. The summed E-state index contributed by atoms with van der Waals surface area (Å²) in [5.41, 5.74) is 2.76. The van der Waals surface area contributed by atoms with Crippen LogP contribution in [0, 0.1) is 6.92 Å². The van der Waals surface area contributed by atoms with Crippen LogP contribution in [0.5, 0.6) is 0 Å². The van der Waals surface area contributed by atoms with Gasteiger partial charge in [0.1, 0.15) is 5.57 Å². The smallest absolute Gasteiger partial charge is 0.317 e. The van der Waals surface area contributed by atoms with Gasteiger partial charge in [0.15, 0.2) is 0 Å². The van der Waals surface area contributed by atoms with Crippen LogP contribution in [0.15, 0.2) is 90.6 Å². The number of aryl methyl sites for hydroxylation is 1. The number of benzene rings is 3. The molecule has 6 heteroatoms. The topological polar surface area (TPSA) is 71.4 Å². The van der Waals surface area contributed by atoms with Gasteiger partial charge in [0.25, 0.3) is 11.8 Å². The number of nitrogens with zero attached hydrogens (tertiary/aromatic N) is 2. The van der Waals surface area contributed by atoms with E-state index in [1.807, 2.05) is 78.4 Å². The molecule has 1 fully saturated rings. The Morgan fingerprint density at radius 3 is 2.41 bits per heavy atom. The van der Waals surface area contributed by atoms with E-state index in [-0.39, 0.29) is 5.57 Å². The number of carbonyl (C=O) groups is 3. The number of carbonyl (C=O) groups excluding carboxylic acids is 3. The quantitative estimate of drug-likeness (QED) is 0.388. The van der Waals surface area contributed by atoms with Gasteiger partial charge in [0, 0.05) is 17.6 Å². The van der Waals surface area contributed by atoms with Crippen molar-refractivity contribution in [3.05, 3.63) is 102 Å². The number of nitrogens with one attached hydrogen (secondary N) is 1. The number of hydrogen-bond acceptors (Lipinski definition) is 3. The molecule has 0 bridgehead atoms. The van der Waals surface area contributed by atoms with Crippen LogP contribution in [0.2, 0.25) is 0 Å². The van der Waals surface area contributed by atoms with E-state index in [2.05, 4.69) is 5.32 Å². The minimum absolute atomic E-state index is 0.105. The maximum Gasteiger partial charge on any atom is 0.335 e. The largest absolute Gasteiger partial charge is 0.335 e. The molecule has 4 amide bonds. The van der Waals surface area contributed by atoms with Gasteiger partial charge in [-0.3, -0.25) is 14.9 Å². The summed E-state index contributed by atoms with van der Waals surface area (Å²) in [6.45, 7) is 1.87. The molecule has 0 radical (unpaired) electrons. The molecule has 0 atom stereocenters. The molecule has 32 heavy (non-hydrogen) atoms. The van der Waals surface area contributed by atoms with Crippen molar-refractivity contribution in [3.63, 3.8) is 0 Å². The summed E-state index contributed by atoms with van der Waals surface area (Å²) in [4.78, 5) is 39.1. The summed E-state index contributed by atoms with van der Waals surface area (Å²) in [5.74, 6) is -1.37. The average Bonchev–Trinajstić information content (AvgIpc) is 3.24. The van der Waals surface area contributed by atoms with Crippen molar-refractivity contribution in [3.8, 4) is 5.69 Å². The average molecular weight is 421 g/mol. The van der Waals surface area contributed by atoms with Crippen LogP contribution in [-0.4, -0.2) is 22.4 Å². The van der Waals surface area contributed by atoms with Gasteiger partial charge in [0.2, 0.25) is 0 Å². The number of barbiturate groups is 1. The van der Waals surface area contributed by atoms with Crippen LogP contribution in [0.4, 0.5) is 10.5 Å². The van der Waals surface area contributed by atoms with Crippen LogP contribution in [0.3, 0.4) is 0 Å². The Morgan fingerprint density at radius 2 is 1.59 bits per heavy atom. The van der Waals surface area contributed by atoms with Gasteiger partial charge in [-0.1, -0.05) is 42.5 Å². The Balaban J connectivity index is 1.56.